The molecule has 0 aliphatic rings. The third-order valence-corrected chi connectivity index (χ3v) is 3.38. The number of halogens is 4. The first-order valence-corrected chi connectivity index (χ1v) is 6.51. The van der Waals surface area contributed by atoms with Crippen molar-refractivity contribution in [2.24, 2.45) is 0 Å². The molecule has 0 unspecified atom stereocenters. The molecule has 2 aromatic rings. The fourth-order valence-corrected chi connectivity index (χ4v) is 1.79. The number of alkyl halides is 3. The largest absolute Gasteiger partial charge is 0.401 e. The summed E-state index contributed by atoms with van der Waals surface area (Å²) in [5.74, 6) is 0.467. The van der Waals surface area contributed by atoms with Crippen molar-refractivity contribution in [3.05, 3.63) is 34.1 Å². The number of benzene rings is 1. The van der Waals surface area contributed by atoms with E-state index in [1.165, 1.54) is 0 Å². The number of aryl methyl sites for hydroxylation is 1. The first-order valence-electron chi connectivity index (χ1n) is 5.72. The van der Waals surface area contributed by atoms with Gasteiger partial charge in [0.25, 0.3) is 0 Å². The summed E-state index contributed by atoms with van der Waals surface area (Å²) in [6, 6.07) is 5.51. The van der Waals surface area contributed by atoms with Crippen molar-refractivity contribution in [2.75, 3.05) is 6.54 Å². The van der Waals surface area contributed by atoms with Crippen LogP contribution in [0.4, 0.5) is 13.2 Å². The van der Waals surface area contributed by atoms with E-state index in [0.717, 1.165) is 15.6 Å². The molecule has 1 aromatic carbocycles. The summed E-state index contributed by atoms with van der Waals surface area (Å²) in [5, 5.41) is 5.95. The maximum absolute atomic E-state index is 12.0. The van der Waals surface area contributed by atoms with Gasteiger partial charge >= 0.3 is 6.18 Å². The summed E-state index contributed by atoms with van der Waals surface area (Å²) in [6.45, 7) is 0.698. The van der Waals surface area contributed by atoms with Crippen LogP contribution >= 0.6 is 15.9 Å². The first-order chi connectivity index (χ1) is 9.35. The summed E-state index contributed by atoms with van der Waals surface area (Å²) < 4.78 is 41.8. The maximum Gasteiger partial charge on any atom is 0.401 e. The number of nitrogens with zero attached hydrogens (tertiary/aromatic N) is 2. The Labute approximate surface area is 121 Å². The van der Waals surface area contributed by atoms with Gasteiger partial charge in [-0.2, -0.15) is 18.2 Å². The number of hydrogen-bond acceptors (Lipinski definition) is 4. The first kappa shape index (κ1) is 15.0. The average molecular weight is 350 g/mol. The molecule has 20 heavy (non-hydrogen) atoms. The normalized spacial score (nSPS) is 11.8. The van der Waals surface area contributed by atoms with Gasteiger partial charge in [0.05, 0.1) is 13.1 Å². The zero-order valence-corrected chi connectivity index (χ0v) is 12.0. The Balaban J connectivity index is 2.03. The second-order valence-electron chi connectivity index (χ2n) is 4.19. The Kier molecular flexibility index (Phi) is 4.44. The standard InChI is InChI=1S/C12H11BrF3N3O/c1-7-4-8(2-3-9(7)13)11-18-10(20-19-11)5-17-6-12(14,15)16/h2-4,17H,5-6H2,1H3. The highest BCUT2D eigenvalue weighted by atomic mass is 79.9. The van der Waals surface area contributed by atoms with Gasteiger partial charge in [0.1, 0.15) is 0 Å². The van der Waals surface area contributed by atoms with Crippen molar-refractivity contribution in [3.8, 4) is 11.4 Å². The predicted octanol–water partition coefficient (Wildman–Crippen LogP) is 3.46. The third kappa shape index (κ3) is 4.04. The smallest absolute Gasteiger partial charge is 0.338 e. The molecule has 0 saturated carbocycles. The van der Waals surface area contributed by atoms with Gasteiger partial charge in [-0.25, -0.2) is 0 Å². The van der Waals surface area contributed by atoms with Gasteiger partial charge in [-0.15, -0.1) is 0 Å². The molecule has 0 aliphatic carbocycles. The fourth-order valence-electron chi connectivity index (χ4n) is 1.54. The molecule has 0 radical (unpaired) electrons. The topological polar surface area (TPSA) is 51.0 Å². The molecule has 108 valence electrons. The summed E-state index contributed by atoms with van der Waals surface area (Å²) in [4.78, 5) is 4.05. The lowest BCUT2D eigenvalue weighted by Gasteiger charge is -2.05. The molecule has 0 spiro atoms. The van der Waals surface area contributed by atoms with Gasteiger partial charge in [-0.1, -0.05) is 21.1 Å². The minimum Gasteiger partial charge on any atom is -0.338 e. The maximum atomic E-state index is 12.0. The zero-order chi connectivity index (χ0) is 14.8. The van der Waals surface area contributed by atoms with E-state index in [4.69, 9.17) is 4.52 Å². The Bertz CT molecular complexity index is 598. The van der Waals surface area contributed by atoms with Gasteiger partial charge in [0.2, 0.25) is 11.7 Å². The molecule has 0 amide bonds. The number of rotatable bonds is 4. The average Bonchev–Trinajstić information content (AvgIpc) is 2.80. The van der Waals surface area contributed by atoms with Gasteiger partial charge in [-0.05, 0) is 30.7 Å². The molecule has 0 saturated heterocycles. The second kappa shape index (κ2) is 5.92. The zero-order valence-electron chi connectivity index (χ0n) is 10.5. The Morgan fingerprint density at radius 1 is 1.35 bits per heavy atom. The number of nitrogens with one attached hydrogen (secondary N) is 1. The van der Waals surface area contributed by atoms with Crippen LogP contribution in [-0.2, 0) is 6.54 Å². The van der Waals surface area contributed by atoms with E-state index in [-0.39, 0.29) is 12.4 Å². The highest BCUT2D eigenvalue weighted by Gasteiger charge is 2.26. The molecule has 1 heterocycles. The lowest BCUT2D eigenvalue weighted by molar-refractivity contribution is -0.125. The quantitative estimate of drug-likeness (QED) is 0.918. The molecule has 0 bridgehead atoms. The third-order valence-electron chi connectivity index (χ3n) is 2.49. The highest BCUT2D eigenvalue weighted by Crippen LogP contribution is 2.23. The molecule has 1 N–H and O–H groups in total. The molecule has 8 heteroatoms. The molecule has 4 nitrogen and oxygen atoms in total. The molecule has 2 rings (SSSR count). The van der Waals surface area contributed by atoms with Crippen LogP contribution in [0.3, 0.4) is 0 Å². The van der Waals surface area contributed by atoms with Crippen LogP contribution in [0, 0.1) is 6.92 Å². The SMILES string of the molecule is Cc1cc(-c2noc(CNCC(F)(F)F)n2)ccc1Br. The summed E-state index contributed by atoms with van der Waals surface area (Å²) in [7, 11) is 0. The monoisotopic (exact) mass is 349 g/mol. The summed E-state index contributed by atoms with van der Waals surface area (Å²) >= 11 is 3.38. The van der Waals surface area contributed by atoms with Crippen LogP contribution in [0.25, 0.3) is 11.4 Å². The minimum absolute atomic E-state index is 0.116. The molecular weight excluding hydrogens is 339 g/mol. The second-order valence-corrected chi connectivity index (χ2v) is 5.05. The molecular formula is C12H11BrF3N3O. The Morgan fingerprint density at radius 2 is 2.10 bits per heavy atom. The predicted molar refractivity (Wildman–Crippen MR) is 69.9 cm³/mol. The number of hydrogen-bond donors (Lipinski definition) is 1. The van der Waals surface area contributed by atoms with Gasteiger partial charge in [0.15, 0.2) is 0 Å². The molecule has 0 fully saturated rings. The number of aromatic nitrogens is 2. The fraction of sp³-hybridized carbons (Fsp3) is 0.333. The summed E-state index contributed by atoms with van der Waals surface area (Å²) in [5.41, 5.74) is 1.75. The highest BCUT2D eigenvalue weighted by molar-refractivity contribution is 9.10. The van der Waals surface area contributed by atoms with E-state index < -0.39 is 12.7 Å². The van der Waals surface area contributed by atoms with Crippen molar-refractivity contribution in [3.63, 3.8) is 0 Å². The van der Waals surface area contributed by atoms with Gasteiger partial charge in [0, 0.05) is 10.0 Å². The molecule has 0 atom stereocenters. The van der Waals surface area contributed by atoms with E-state index in [9.17, 15) is 13.2 Å². The van der Waals surface area contributed by atoms with Crippen molar-refractivity contribution < 1.29 is 17.7 Å². The lowest BCUT2D eigenvalue weighted by atomic mass is 10.1. The van der Waals surface area contributed by atoms with Gasteiger partial charge in [-0.3, -0.25) is 0 Å². The van der Waals surface area contributed by atoms with Crippen molar-refractivity contribution >= 4 is 15.9 Å². The van der Waals surface area contributed by atoms with Gasteiger partial charge < -0.3 is 9.84 Å². The van der Waals surface area contributed by atoms with E-state index in [1.807, 2.05) is 19.1 Å². The van der Waals surface area contributed by atoms with Crippen LogP contribution in [0.2, 0.25) is 0 Å². The molecule has 0 aliphatic heterocycles. The Morgan fingerprint density at radius 3 is 2.75 bits per heavy atom. The van der Waals surface area contributed by atoms with Crippen LogP contribution in [0.5, 0.6) is 0 Å². The van der Waals surface area contributed by atoms with Crippen molar-refractivity contribution in [2.45, 2.75) is 19.6 Å². The van der Waals surface area contributed by atoms with Crippen LogP contribution in [0.15, 0.2) is 27.2 Å². The van der Waals surface area contributed by atoms with Crippen molar-refractivity contribution in [1.82, 2.24) is 15.5 Å². The van der Waals surface area contributed by atoms with E-state index >= 15 is 0 Å². The van der Waals surface area contributed by atoms with E-state index in [1.54, 1.807) is 6.07 Å². The van der Waals surface area contributed by atoms with Crippen LogP contribution in [0.1, 0.15) is 11.5 Å². The van der Waals surface area contributed by atoms with Crippen LogP contribution < -0.4 is 5.32 Å². The Hall–Kier alpha value is -1.41. The minimum atomic E-state index is -4.26. The van der Waals surface area contributed by atoms with E-state index in [0.29, 0.717) is 5.82 Å². The van der Waals surface area contributed by atoms with E-state index in [2.05, 4.69) is 31.4 Å². The van der Waals surface area contributed by atoms with Crippen molar-refractivity contribution in [1.29, 1.82) is 0 Å². The summed E-state index contributed by atoms with van der Waals surface area (Å²) in [6.07, 6.45) is -4.26. The molecule has 1 aromatic heterocycles. The van der Waals surface area contributed by atoms with Crippen LogP contribution in [-0.4, -0.2) is 22.9 Å². The lowest BCUT2D eigenvalue weighted by Crippen LogP contribution is -2.28.